The largest absolute Gasteiger partial charge is 0.451 e. The van der Waals surface area contributed by atoms with Crippen molar-refractivity contribution in [3.05, 3.63) is 46.3 Å². The minimum Gasteiger partial charge on any atom is -0.451 e. The molecule has 0 radical (unpaired) electrons. The SMILES string of the molecule is CC1CC(C)CN(C(=O)c2cc(=O)c3ccccc3o2)C1. The summed E-state index contributed by atoms with van der Waals surface area (Å²) in [5.74, 6) is 0.908. The zero-order valence-electron chi connectivity index (χ0n) is 12.3. The van der Waals surface area contributed by atoms with Crippen molar-refractivity contribution in [2.24, 2.45) is 11.8 Å². The molecule has 1 aliphatic rings. The molecule has 1 aliphatic heterocycles. The van der Waals surface area contributed by atoms with E-state index in [9.17, 15) is 9.59 Å². The Balaban J connectivity index is 1.96. The van der Waals surface area contributed by atoms with Crippen LogP contribution in [0.25, 0.3) is 11.0 Å². The van der Waals surface area contributed by atoms with Crippen LogP contribution in [-0.2, 0) is 0 Å². The summed E-state index contributed by atoms with van der Waals surface area (Å²) in [7, 11) is 0. The first-order valence-electron chi connectivity index (χ1n) is 7.36. The smallest absolute Gasteiger partial charge is 0.289 e. The molecule has 0 bridgehead atoms. The fraction of sp³-hybridized carbons (Fsp3) is 0.412. The molecule has 2 heterocycles. The second-order valence-corrected chi connectivity index (χ2v) is 6.13. The van der Waals surface area contributed by atoms with Crippen LogP contribution in [0.1, 0.15) is 30.8 Å². The highest BCUT2D eigenvalue weighted by Gasteiger charge is 2.27. The van der Waals surface area contributed by atoms with Gasteiger partial charge in [0, 0.05) is 19.2 Å². The van der Waals surface area contributed by atoms with Crippen LogP contribution in [0.3, 0.4) is 0 Å². The van der Waals surface area contributed by atoms with Crippen LogP contribution in [-0.4, -0.2) is 23.9 Å². The van der Waals surface area contributed by atoms with Gasteiger partial charge in [-0.05, 0) is 30.4 Å². The van der Waals surface area contributed by atoms with Gasteiger partial charge in [-0.25, -0.2) is 0 Å². The van der Waals surface area contributed by atoms with E-state index >= 15 is 0 Å². The summed E-state index contributed by atoms with van der Waals surface area (Å²) in [6, 6.07) is 8.32. The van der Waals surface area contributed by atoms with Gasteiger partial charge in [0.1, 0.15) is 5.58 Å². The highest BCUT2D eigenvalue weighted by atomic mass is 16.3. The molecule has 4 heteroatoms. The Hall–Kier alpha value is -2.10. The van der Waals surface area contributed by atoms with E-state index in [2.05, 4.69) is 13.8 Å². The van der Waals surface area contributed by atoms with E-state index in [0.29, 0.717) is 22.8 Å². The van der Waals surface area contributed by atoms with Crippen molar-refractivity contribution >= 4 is 16.9 Å². The molecule has 1 amide bonds. The highest BCUT2D eigenvalue weighted by Crippen LogP contribution is 2.23. The van der Waals surface area contributed by atoms with Crippen molar-refractivity contribution in [1.29, 1.82) is 0 Å². The number of hydrogen-bond donors (Lipinski definition) is 0. The summed E-state index contributed by atoms with van der Waals surface area (Å²) >= 11 is 0. The number of likely N-dealkylation sites (tertiary alicyclic amines) is 1. The van der Waals surface area contributed by atoms with Gasteiger partial charge in [-0.2, -0.15) is 0 Å². The summed E-state index contributed by atoms with van der Waals surface area (Å²) in [5, 5.41) is 0.509. The lowest BCUT2D eigenvalue weighted by atomic mass is 9.92. The molecule has 110 valence electrons. The Morgan fingerprint density at radius 2 is 1.86 bits per heavy atom. The molecule has 4 nitrogen and oxygen atoms in total. The lowest BCUT2D eigenvalue weighted by Crippen LogP contribution is -2.42. The highest BCUT2D eigenvalue weighted by molar-refractivity contribution is 5.93. The Labute approximate surface area is 123 Å². The Morgan fingerprint density at radius 1 is 1.19 bits per heavy atom. The molecule has 0 N–H and O–H groups in total. The van der Waals surface area contributed by atoms with Crippen LogP contribution in [0, 0.1) is 11.8 Å². The van der Waals surface area contributed by atoms with E-state index in [1.807, 2.05) is 0 Å². The maximum Gasteiger partial charge on any atom is 0.289 e. The zero-order valence-corrected chi connectivity index (χ0v) is 12.3. The summed E-state index contributed by atoms with van der Waals surface area (Å²) in [5.41, 5.74) is 0.296. The molecule has 2 unspecified atom stereocenters. The quantitative estimate of drug-likeness (QED) is 0.809. The predicted molar refractivity (Wildman–Crippen MR) is 81.3 cm³/mol. The summed E-state index contributed by atoms with van der Waals surface area (Å²) in [6.07, 6.45) is 1.13. The van der Waals surface area contributed by atoms with Gasteiger partial charge in [-0.1, -0.05) is 26.0 Å². The van der Waals surface area contributed by atoms with E-state index in [4.69, 9.17) is 4.42 Å². The van der Waals surface area contributed by atoms with Gasteiger partial charge < -0.3 is 9.32 Å². The molecular formula is C17H19NO3. The molecule has 1 aromatic carbocycles. The van der Waals surface area contributed by atoms with E-state index in [-0.39, 0.29) is 17.1 Å². The average Bonchev–Trinajstić information content (AvgIpc) is 2.45. The molecule has 21 heavy (non-hydrogen) atoms. The normalized spacial score (nSPS) is 22.5. The average molecular weight is 285 g/mol. The number of rotatable bonds is 1. The first kappa shape index (κ1) is 13.9. The van der Waals surface area contributed by atoms with Gasteiger partial charge in [0.05, 0.1) is 5.39 Å². The second-order valence-electron chi connectivity index (χ2n) is 6.13. The van der Waals surface area contributed by atoms with Gasteiger partial charge in [-0.15, -0.1) is 0 Å². The summed E-state index contributed by atoms with van der Waals surface area (Å²) < 4.78 is 5.64. The van der Waals surface area contributed by atoms with Crippen molar-refractivity contribution in [2.75, 3.05) is 13.1 Å². The molecule has 0 aliphatic carbocycles. The Bertz CT molecular complexity index is 724. The predicted octanol–water partition coefficient (Wildman–Crippen LogP) is 2.91. The fourth-order valence-corrected chi connectivity index (χ4v) is 3.19. The molecule has 1 fully saturated rings. The maximum absolute atomic E-state index is 12.6. The van der Waals surface area contributed by atoms with Crippen molar-refractivity contribution in [3.63, 3.8) is 0 Å². The number of para-hydroxylation sites is 1. The van der Waals surface area contributed by atoms with Crippen LogP contribution in [0.4, 0.5) is 0 Å². The number of carbonyl (C=O) groups is 1. The van der Waals surface area contributed by atoms with E-state index < -0.39 is 0 Å². The van der Waals surface area contributed by atoms with Crippen LogP contribution >= 0.6 is 0 Å². The van der Waals surface area contributed by atoms with Crippen LogP contribution in [0.2, 0.25) is 0 Å². The molecule has 3 rings (SSSR count). The third kappa shape index (κ3) is 2.71. The van der Waals surface area contributed by atoms with Crippen molar-refractivity contribution < 1.29 is 9.21 Å². The minimum atomic E-state index is -0.184. The standard InChI is InChI=1S/C17H19NO3/c1-11-7-12(2)10-18(9-11)17(20)16-8-14(19)13-5-3-4-6-15(13)21-16/h3-6,8,11-12H,7,9-10H2,1-2H3. The van der Waals surface area contributed by atoms with Gasteiger partial charge in [-0.3, -0.25) is 9.59 Å². The third-order valence-corrected chi connectivity index (χ3v) is 4.00. The number of nitrogens with zero attached hydrogens (tertiary/aromatic N) is 1. The number of carbonyl (C=O) groups excluding carboxylic acids is 1. The molecule has 2 aromatic rings. The minimum absolute atomic E-state index is 0.139. The molecule has 0 spiro atoms. The van der Waals surface area contributed by atoms with E-state index in [1.165, 1.54) is 6.07 Å². The van der Waals surface area contributed by atoms with Crippen molar-refractivity contribution in [2.45, 2.75) is 20.3 Å². The lowest BCUT2D eigenvalue weighted by molar-refractivity contribution is 0.0592. The Morgan fingerprint density at radius 3 is 2.57 bits per heavy atom. The molecule has 1 saturated heterocycles. The summed E-state index contributed by atoms with van der Waals surface area (Å²) in [4.78, 5) is 26.5. The third-order valence-electron chi connectivity index (χ3n) is 4.00. The number of benzene rings is 1. The first-order chi connectivity index (χ1) is 10.0. The van der Waals surface area contributed by atoms with Gasteiger partial charge >= 0.3 is 0 Å². The Kier molecular flexibility index (Phi) is 3.53. The van der Waals surface area contributed by atoms with Gasteiger partial charge in [0.25, 0.3) is 5.91 Å². The lowest BCUT2D eigenvalue weighted by Gasteiger charge is -2.34. The maximum atomic E-state index is 12.6. The number of amides is 1. The molecule has 2 atom stereocenters. The second kappa shape index (κ2) is 5.35. The van der Waals surface area contributed by atoms with E-state index in [1.54, 1.807) is 29.2 Å². The summed E-state index contributed by atoms with van der Waals surface area (Å²) in [6.45, 7) is 5.73. The van der Waals surface area contributed by atoms with Gasteiger partial charge in [0.2, 0.25) is 0 Å². The topological polar surface area (TPSA) is 50.5 Å². The van der Waals surface area contributed by atoms with E-state index in [0.717, 1.165) is 19.5 Å². The van der Waals surface area contributed by atoms with Crippen LogP contribution in [0.5, 0.6) is 0 Å². The number of piperidine rings is 1. The monoisotopic (exact) mass is 285 g/mol. The van der Waals surface area contributed by atoms with Crippen molar-refractivity contribution in [1.82, 2.24) is 4.90 Å². The molecule has 1 aromatic heterocycles. The zero-order chi connectivity index (χ0) is 15.0. The number of hydrogen-bond acceptors (Lipinski definition) is 3. The number of fused-ring (bicyclic) bond motifs is 1. The van der Waals surface area contributed by atoms with Crippen LogP contribution in [0.15, 0.2) is 39.5 Å². The van der Waals surface area contributed by atoms with Gasteiger partial charge in [0.15, 0.2) is 11.2 Å². The first-order valence-corrected chi connectivity index (χ1v) is 7.36. The molecular weight excluding hydrogens is 266 g/mol. The molecule has 0 saturated carbocycles. The van der Waals surface area contributed by atoms with Crippen molar-refractivity contribution in [3.8, 4) is 0 Å². The fourth-order valence-electron chi connectivity index (χ4n) is 3.19. The van der Waals surface area contributed by atoms with Crippen LogP contribution < -0.4 is 5.43 Å².